The third-order valence-electron chi connectivity index (χ3n) is 6.04. The van der Waals surface area contributed by atoms with Crippen molar-refractivity contribution < 1.29 is 35.8 Å². The van der Waals surface area contributed by atoms with Crippen molar-refractivity contribution in [2.75, 3.05) is 5.32 Å². The van der Waals surface area contributed by atoms with E-state index in [4.69, 9.17) is 12.2 Å². The third-order valence-corrected chi connectivity index (χ3v) is 6.24. The monoisotopic (exact) mass is 590 g/mol. The van der Waals surface area contributed by atoms with Crippen LogP contribution >= 0.6 is 12.2 Å². The number of alkyl halides is 6. The van der Waals surface area contributed by atoms with E-state index in [0.29, 0.717) is 5.69 Å². The number of halogens is 6. The maximum absolute atomic E-state index is 13.1. The van der Waals surface area contributed by atoms with Gasteiger partial charge in [0.15, 0.2) is 5.11 Å². The molecule has 0 fully saturated rings. The topological polar surface area (TPSA) is 42.5 Å². The van der Waals surface area contributed by atoms with Gasteiger partial charge in [0, 0.05) is 12.1 Å². The standard InChI is InChI=1S/C30H24F6N2O2S/c1-20-8-5-13-24(16-20)37-27(41)38-28(19-21-9-3-2-4-10-21,22-11-6-14-25(17-22)39-29(31,32)33)23-12-7-15-26(18-23)40-30(34,35)36/h2-18H,19H2,1H3,(H2,37,38,41). The summed E-state index contributed by atoms with van der Waals surface area (Å²) in [4.78, 5) is 0. The Hall–Kier alpha value is -4.25. The molecule has 0 aromatic heterocycles. The number of thiocarbonyl (C=S) groups is 1. The maximum atomic E-state index is 13.1. The lowest BCUT2D eigenvalue weighted by molar-refractivity contribution is -0.275. The van der Waals surface area contributed by atoms with E-state index in [9.17, 15) is 26.3 Å². The molecule has 0 aliphatic heterocycles. The van der Waals surface area contributed by atoms with Crippen LogP contribution in [0.3, 0.4) is 0 Å². The molecule has 0 bridgehead atoms. The summed E-state index contributed by atoms with van der Waals surface area (Å²) < 4.78 is 87.2. The summed E-state index contributed by atoms with van der Waals surface area (Å²) in [6.07, 6.45) is -9.85. The van der Waals surface area contributed by atoms with Crippen molar-refractivity contribution in [1.29, 1.82) is 0 Å². The van der Waals surface area contributed by atoms with E-state index in [-0.39, 0.29) is 22.7 Å². The van der Waals surface area contributed by atoms with Crippen molar-refractivity contribution >= 4 is 23.0 Å². The molecule has 0 aliphatic carbocycles. The SMILES string of the molecule is Cc1cccc(NC(=S)NC(Cc2ccccc2)(c2cccc(OC(F)(F)F)c2)c2cccc(OC(F)(F)F)c2)c1. The lowest BCUT2D eigenvalue weighted by atomic mass is 9.77. The Bertz CT molecular complexity index is 1430. The highest BCUT2D eigenvalue weighted by molar-refractivity contribution is 7.80. The minimum atomic E-state index is -4.96. The molecule has 0 spiro atoms. The second-order valence-electron chi connectivity index (χ2n) is 9.17. The van der Waals surface area contributed by atoms with Crippen molar-refractivity contribution in [3.8, 4) is 11.5 Å². The van der Waals surface area contributed by atoms with Gasteiger partial charge in [-0.25, -0.2) is 0 Å². The summed E-state index contributed by atoms with van der Waals surface area (Å²) in [6.45, 7) is 1.89. The average Bonchev–Trinajstić information content (AvgIpc) is 2.87. The van der Waals surface area contributed by atoms with Crippen molar-refractivity contribution in [2.45, 2.75) is 31.6 Å². The highest BCUT2D eigenvalue weighted by Crippen LogP contribution is 2.38. The molecule has 0 saturated heterocycles. The van der Waals surface area contributed by atoms with Crippen LogP contribution in [0.2, 0.25) is 0 Å². The Kier molecular flexibility index (Phi) is 8.77. The molecule has 0 heterocycles. The van der Waals surface area contributed by atoms with E-state index in [1.807, 2.05) is 25.1 Å². The second-order valence-corrected chi connectivity index (χ2v) is 9.58. The van der Waals surface area contributed by atoms with E-state index < -0.39 is 29.8 Å². The zero-order valence-electron chi connectivity index (χ0n) is 21.5. The number of benzene rings is 4. The van der Waals surface area contributed by atoms with Crippen molar-refractivity contribution in [2.24, 2.45) is 0 Å². The number of anilines is 1. The molecule has 0 atom stereocenters. The van der Waals surface area contributed by atoms with Crippen molar-refractivity contribution in [1.82, 2.24) is 5.32 Å². The molecular formula is C30H24F6N2O2S. The van der Waals surface area contributed by atoms with Gasteiger partial charge in [-0.3, -0.25) is 0 Å². The van der Waals surface area contributed by atoms with Crippen molar-refractivity contribution in [3.05, 3.63) is 125 Å². The Morgan fingerprint density at radius 3 is 1.73 bits per heavy atom. The first-order valence-electron chi connectivity index (χ1n) is 12.2. The molecule has 11 heteroatoms. The lowest BCUT2D eigenvalue weighted by Gasteiger charge is -2.38. The van der Waals surface area contributed by atoms with Crippen LogP contribution in [-0.2, 0) is 12.0 Å². The van der Waals surface area contributed by atoms with Crippen LogP contribution in [0.4, 0.5) is 32.0 Å². The Labute approximate surface area is 237 Å². The Balaban J connectivity index is 1.89. The van der Waals surface area contributed by atoms with Gasteiger partial charge in [0.1, 0.15) is 11.5 Å². The first-order valence-corrected chi connectivity index (χ1v) is 12.6. The van der Waals surface area contributed by atoms with Gasteiger partial charge in [-0.1, -0.05) is 66.7 Å². The fraction of sp³-hybridized carbons (Fsp3) is 0.167. The Morgan fingerprint density at radius 2 is 1.22 bits per heavy atom. The van der Waals surface area contributed by atoms with Gasteiger partial charge in [-0.15, -0.1) is 26.3 Å². The predicted molar refractivity (Wildman–Crippen MR) is 148 cm³/mol. The van der Waals surface area contributed by atoms with E-state index in [0.717, 1.165) is 23.3 Å². The summed E-state index contributed by atoms with van der Waals surface area (Å²) in [6, 6.07) is 26.7. The molecule has 41 heavy (non-hydrogen) atoms. The molecule has 0 unspecified atom stereocenters. The zero-order valence-corrected chi connectivity index (χ0v) is 22.3. The average molecular weight is 591 g/mol. The van der Waals surface area contributed by atoms with Crippen LogP contribution in [0.15, 0.2) is 103 Å². The zero-order chi connectivity index (χ0) is 29.7. The summed E-state index contributed by atoms with van der Waals surface area (Å²) in [5, 5.41) is 6.35. The molecule has 0 amide bonds. The van der Waals surface area contributed by atoms with Gasteiger partial charge in [-0.05, 0) is 77.8 Å². The van der Waals surface area contributed by atoms with E-state index in [1.165, 1.54) is 24.3 Å². The van der Waals surface area contributed by atoms with Gasteiger partial charge >= 0.3 is 12.7 Å². The number of nitrogens with one attached hydrogen (secondary N) is 2. The Morgan fingerprint density at radius 1 is 0.683 bits per heavy atom. The highest BCUT2D eigenvalue weighted by Gasteiger charge is 2.38. The molecule has 0 radical (unpaired) electrons. The number of hydrogen-bond acceptors (Lipinski definition) is 3. The van der Waals surface area contributed by atoms with Crippen LogP contribution in [0.1, 0.15) is 22.3 Å². The number of rotatable bonds is 8. The number of ether oxygens (including phenoxy) is 2. The molecule has 4 aromatic rings. The summed E-state index contributed by atoms with van der Waals surface area (Å²) in [5.41, 5.74) is 1.33. The molecule has 214 valence electrons. The number of aryl methyl sites for hydroxylation is 1. The molecule has 2 N–H and O–H groups in total. The van der Waals surface area contributed by atoms with Gasteiger partial charge in [0.05, 0.1) is 5.54 Å². The summed E-state index contributed by atoms with van der Waals surface area (Å²) in [5.74, 6) is -1.01. The molecule has 0 saturated carbocycles. The normalized spacial score (nSPS) is 12.0. The fourth-order valence-electron chi connectivity index (χ4n) is 4.46. The van der Waals surface area contributed by atoms with Crippen LogP contribution in [0.5, 0.6) is 11.5 Å². The maximum Gasteiger partial charge on any atom is 0.573 e. The smallest absolute Gasteiger partial charge is 0.406 e. The fourth-order valence-corrected chi connectivity index (χ4v) is 4.75. The number of hydrogen-bond donors (Lipinski definition) is 2. The minimum Gasteiger partial charge on any atom is -0.406 e. The van der Waals surface area contributed by atoms with Crippen LogP contribution < -0.4 is 20.1 Å². The second kappa shape index (κ2) is 12.1. The van der Waals surface area contributed by atoms with E-state index >= 15 is 0 Å². The van der Waals surface area contributed by atoms with Crippen LogP contribution in [-0.4, -0.2) is 17.8 Å². The van der Waals surface area contributed by atoms with Gasteiger partial charge in [-0.2, -0.15) is 0 Å². The largest absolute Gasteiger partial charge is 0.573 e. The highest BCUT2D eigenvalue weighted by atomic mass is 32.1. The van der Waals surface area contributed by atoms with Gasteiger partial charge in [0.2, 0.25) is 0 Å². The summed E-state index contributed by atoms with van der Waals surface area (Å²) in [7, 11) is 0. The molecule has 4 rings (SSSR count). The predicted octanol–water partition coefficient (Wildman–Crippen LogP) is 8.27. The molecule has 4 nitrogen and oxygen atoms in total. The van der Waals surface area contributed by atoms with Gasteiger partial charge < -0.3 is 20.1 Å². The first-order chi connectivity index (χ1) is 19.3. The first kappa shape index (κ1) is 29.7. The van der Waals surface area contributed by atoms with Crippen LogP contribution in [0.25, 0.3) is 0 Å². The molecular weight excluding hydrogens is 566 g/mol. The van der Waals surface area contributed by atoms with E-state index in [1.54, 1.807) is 48.5 Å². The molecule has 4 aromatic carbocycles. The van der Waals surface area contributed by atoms with Crippen molar-refractivity contribution in [3.63, 3.8) is 0 Å². The lowest BCUT2D eigenvalue weighted by Crippen LogP contribution is -2.50. The van der Waals surface area contributed by atoms with E-state index in [2.05, 4.69) is 20.1 Å². The minimum absolute atomic E-state index is 0.0778. The quantitative estimate of drug-likeness (QED) is 0.160. The van der Waals surface area contributed by atoms with Gasteiger partial charge in [0.25, 0.3) is 0 Å². The molecule has 0 aliphatic rings. The van der Waals surface area contributed by atoms with Crippen LogP contribution in [0, 0.1) is 6.92 Å². The third kappa shape index (κ3) is 8.37. The summed E-state index contributed by atoms with van der Waals surface area (Å²) >= 11 is 5.64.